The maximum atomic E-state index is 11.4. The monoisotopic (exact) mass is 240 g/mol. The standard InChI is InChI=1S/C11H16N2O2S/c14-11(12-6-9-3-5-16-8-9)13-7-10-2-1-4-15-10/h3,5,8,10H,1-2,4,6-7H2,(H2,12,13,14)/t10-/m0/s1. The van der Waals surface area contributed by atoms with Crippen LogP contribution in [0.25, 0.3) is 0 Å². The van der Waals surface area contributed by atoms with Crippen molar-refractivity contribution < 1.29 is 9.53 Å². The molecule has 2 rings (SSSR count). The van der Waals surface area contributed by atoms with Gasteiger partial charge in [0.05, 0.1) is 6.10 Å². The largest absolute Gasteiger partial charge is 0.376 e. The van der Waals surface area contributed by atoms with Gasteiger partial charge < -0.3 is 15.4 Å². The van der Waals surface area contributed by atoms with E-state index >= 15 is 0 Å². The van der Waals surface area contributed by atoms with Gasteiger partial charge in [-0.05, 0) is 35.2 Å². The Morgan fingerprint density at radius 1 is 1.56 bits per heavy atom. The molecule has 4 nitrogen and oxygen atoms in total. The molecular weight excluding hydrogens is 224 g/mol. The fourth-order valence-corrected chi connectivity index (χ4v) is 2.32. The smallest absolute Gasteiger partial charge is 0.315 e. The zero-order chi connectivity index (χ0) is 11.2. The molecule has 1 aromatic heterocycles. The Bertz CT molecular complexity index is 321. The van der Waals surface area contributed by atoms with Crippen LogP contribution in [-0.4, -0.2) is 25.3 Å². The van der Waals surface area contributed by atoms with E-state index in [1.165, 1.54) is 0 Å². The van der Waals surface area contributed by atoms with Crippen LogP contribution in [0.2, 0.25) is 0 Å². The van der Waals surface area contributed by atoms with Crippen molar-refractivity contribution in [1.82, 2.24) is 10.6 Å². The predicted octanol–water partition coefficient (Wildman–Crippen LogP) is 1.73. The Morgan fingerprint density at radius 2 is 2.50 bits per heavy atom. The van der Waals surface area contributed by atoms with Crippen molar-refractivity contribution in [3.63, 3.8) is 0 Å². The van der Waals surface area contributed by atoms with Crippen LogP contribution >= 0.6 is 11.3 Å². The summed E-state index contributed by atoms with van der Waals surface area (Å²) >= 11 is 1.63. The van der Waals surface area contributed by atoms with E-state index in [9.17, 15) is 4.79 Å². The second-order valence-electron chi connectivity index (χ2n) is 3.83. The molecule has 2 amide bonds. The minimum atomic E-state index is -0.123. The number of rotatable bonds is 4. The van der Waals surface area contributed by atoms with Crippen LogP contribution in [0.15, 0.2) is 16.8 Å². The number of thiophene rings is 1. The molecule has 0 saturated carbocycles. The first-order valence-corrected chi connectivity index (χ1v) is 6.43. The second kappa shape index (κ2) is 5.86. The van der Waals surface area contributed by atoms with E-state index in [1.54, 1.807) is 11.3 Å². The van der Waals surface area contributed by atoms with Gasteiger partial charge >= 0.3 is 6.03 Å². The Labute approximate surface area is 99.0 Å². The average molecular weight is 240 g/mol. The highest BCUT2D eigenvalue weighted by atomic mass is 32.1. The summed E-state index contributed by atoms with van der Waals surface area (Å²) in [5, 5.41) is 9.65. The number of carbonyl (C=O) groups excluding carboxylic acids is 1. The Hall–Kier alpha value is -1.07. The summed E-state index contributed by atoms with van der Waals surface area (Å²) in [4.78, 5) is 11.4. The van der Waals surface area contributed by atoms with E-state index in [1.807, 2.05) is 16.8 Å². The van der Waals surface area contributed by atoms with Gasteiger partial charge in [-0.2, -0.15) is 11.3 Å². The maximum absolute atomic E-state index is 11.4. The van der Waals surface area contributed by atoms with E-state index in [0.717, 1.165) is 25.0 Å². The number of hydrogen-bond acceptors (Lipinski definition) is 3. The molecule has 1 aromatic rings. The van der Waals surface area contributed by atoms with Crippen LogP contribution in [0, 0.1) is 0 Å². The van der Waals surface area contributed by atoms with Gasteiger partial charge in [0, 0.05) is 19.7 Å². The lowest BCUT2D eigenvalue weighted by atomic mass is 10.2. The molecule has 2 N–H and O–H groups in total. The molecule has 2 heterocycles. The van der Waals surface area contributed by atoms with Gasteiger partial charge in [0.2, 0.25) is 0 Å². The van der Waals surface area contributed by atoms with E-state index in [0.29, 0.717) is 13.1 Å². The summed E-state index contributed by atoms with van der Waals surface area (Å²) in [5.74, 6) is 0. The molecule has 88 valence electrons. The van der Waals surface area contributed by atoms with Crippen molar-refractivity contribution in [3.05, 3.63) is 22.4 Å². The van der Waals surface area contributed by atoms with E-state index in [4.69, 9.17) is 4.74 Å². The number of hydrogen-bond donors (Lipinski definition) is 2. The van der Waals surface area contributed by atoms with Crippen molar-refractivity contribution in [2.24, 2.45) is 0 Å². The topological polar surface area (TPSA) is 50.4 Å². The zero-order valence-electron chi connectivity index (χ0n) is 9.07. The molecule has 1 fully saturated rings. The van der Waals surface area contributed by atoms with Gasteiger partial charge in [-0.1, -0.05) is 0 Å². The van der Waals surface area contributed by atoms with Crippen molar-refractivity contribution in [3.8, 4) is 0 Å². The SMILES string of the molecule is O=C(NCc1ccsc1)NC[C@@H]1CCCO1. The van der Waals surface area contributed by atoms with E-state index < -0.39 is 0 Å². The third-order valence-corrected chi connectivity index (χ3v) is 3.28. The first-order chi connectivity index (χ1) is 7.84. The second-order valence-corrected chi connectivity index (χ2v) is 4.61. The summed E-state index contributed by atoms with van der Waals surface area (Å²) in [5.41, 5.74) is 1.14. The molecule has 16 heavy (non-hydrogen) atoms. The summed E-state index contributed by atoms with van der Waals surface area (Å²) in [6.07, 6.45) is 2.35. The molecule has 0 aliphatic carbocycles. The zero-order valence-corrected chi connectivity index (χ0v) is 9.89. The lowest BCUT2D eigenvalue weighted by molar-refractivity contribution is 0.111. The first-order valence-electron chi connectivity index (χ1n) is 5.49. The Kier molecular flexibility index (Phi) is 4.18. The Morgan fingerprint density at radius 3 is 3.19 bits per heavy atom. The minimum absolute atomic E-state index is 0.123. The van der Waals surface area contributed by atoms with E-state index in [2.05, 4.69) is 10.6 Å². The molecule has 5 heteroatoms. The molecule has 0 bridgehead atoms. The van der Waals surface area contributed by atoms with Crippen LogP contribution < -0.4 is 10.6 Å². The number of amides is 2. The highest BCUT2D eigenvalue weighted by Gasteiger charge is 2.15. The van der Waals surface area contributed by atoms with E-state index in [-0.39, 0.29) is 12.1 Å². The lowest BCUT2D eigenvalue weighted by Gasteiger charge is -2.11. The molecule has 0 spiro atoms. The molecule has 1 saturated heterocycles. The minimum Gasteiger partial charge on any atom is -0.376 e. The van der Waals surface area contributed by atoms with Gasteiger partial charge in [0.15, 0.2) is 0 Å². The van der Waals surface area contributed by atoms with Crippen LogP contribution in [-0.2, 0) is 11.3 Å². The normalized spacial score (nSPS) is 19.6. The van der Waals surface area contributed by atoms with Crippen molar-refractivity contribution in [2.75, 3.05) is 13.2 Å². The van der Waals surface area contributed by atoms with Gasteiger partial charge in [0.25, 0.3) is 0 Å². The number of ether oxygens (including phenoxy) is 1. The molecule has 0 aromatic carbocycles. The molecule has 0 radical (unpaired) electrons. The quantitative estimate of drug-likeness (QED) is 0.842. The van der Waals surface area contributed by atoms with Crippen molar-refractivity contribution in [2.45, 2.75) is 25.5 Å². The van der Waals surface area contributed by atoms with Gasteiger partial charge in [-0.25, -0.2) is 4.79 Å². The van der Waals surface area contributed by atoms with Crippen LogP contribution in [0.1, 0.15) is 18.4 Å². The molecule has 1 atom stereocenters. The molecule has 1 aliphatic rings. The highest BCUT2D eigenvalue weighted by molar-refractivity contribution is 7.07. The van der Waals surface area contributed by atoms with Crippen LogP contribution in [0.5, 0.6) is 0 Å². The first kappa shape index (κ1) is 11.4. The van der Waals surface area contributed by atoms with Crippen LogP contribution in [0.3, 0.4) is 0 Å². The van der Waals surface area contributed by atoms with Gasteiger partial charge in [-0.3, -0.25) is 0 Å². The van der Waals surface area contributed by atoms with Crippen molar-refractivity contribution in [1.29, 1.82) is 0 Å². The van der Waals surface area contributed by atoms with Gasteiger partial charge in [-0.15, -0.1) is 0 Å². The summed E-state index contributed by atoms with van der Waals surface area (Å²) in [6, 6.07) is 1.88. The highest BCUT2D eigenvalue weighted by Crippen LogP contribution is 2.10. The summed E-state index contributed by atoms with van der Waals surface area (Å²) in [7, 11) is 0. The summed E-state index contributed by atoms with van der Waals surface area (Å²) < 4.78 is 5.41. The predicted molar refractivity (Wildman–Crippen MR) is 63.5 cm³/mol. The summed E-state index contributed by atoms with van der Waals surface area (Å²) in [6.45, 7) is 2.01. The fraction of sp³-hybridized carbons (Fsp3) is 0.545. The number of nitrogens with one attached hydrogen (secondary N) is 2. The van der Waals surface area contributed by atoms with Crippen molar-refractivity contribution >= 4 is 17.4 Å². The average Bonchev–Trinajstić information content (AvgIpc) is 2.96. The maximum Gasteiger partial charge on any atom is 0.315 e. The lowest BCUT2D eigenvalue weighted by Crippen LogP contribution is -2.39. The number of carbonyl (C=O) groups is 1. The third kappa shape index (κ3) is 3.50. The molecule has 0 unspecified atom stereocenters. The molecular formula is C11H16N2O2S. The fourth-order valence-electron chi connectivity index (χ4n) is 1.65. The molecule has 1 aliphatic heterocycles. The third-order valence-electron chi connectivity index (χ3n) is 2.55. The number of urea groups is 1. The van der Waals surface area contributed by atoms with Crippen LogP contribution in [0.4, 0.5) is 4.79 Å². The Balaban J connectivity index is 1.60. The van der Waals surface area contributed by atoms with Gasteiger partial charge in [0.1, 0.15) is 0 Å².